The molecule has 0 aromatic heterocycles. The van der Waals surface area contributed by atoms with Crippen LogP contribution in [0.1, 0.15) is 0 Å². The van der Waals surface area contributed by atoms with Crippen molar-refractivity contribution in [2.24, 2.45) is 0 Å². The van der Waals surface area contributed by atoms with Crippen molar-refractivity contribution in [2.45, 2.75) is 0 Å². The second kappa shape index (κ2) is 37.0. The van der Waals surface area contributed by atoms with E-state index < -0.39 is 0 Å². The van der Waals surface area contributed by atoms with Gasteiger partial charge in [-0.05, 0) is 0 Å². The van der Waals surface area contributed by atoms with Gasteiger partial charge >= 0.3 is 33.2 Å². The quantitative estimate of drug-likeness (QED) is 0.345. The molecule has 8 radical (unpaired) electrons. The summed E-state index contributed by atoms with van der Waals surface area (Å²) in [5.41, 5.74) is 0. The fourth-order valence-electron chi connectivity index (χ4n) is 0. The molecule has 0 fully saturated rings. The van der Waals surface area contributed by atoms with E-state index in [4.69, 9.17) is 0 Å². The molecule has 0 aliphatic rings. The third-order valence-corrected chi connectivity index (χ3v) is 0. The van der Waals surface area contributed by atoms with E-state index in [1.165, 1.54) is 21.4 Å². The Bertz CT molecular complexity index is 9.51. The maximum absolute atomic E-state index is 2.76. The summed E-state index contributed by atoms with van der Waals surface area (Å²) in [6.45, 7) is 0. The van der Waals surface area contributed by atoms with Gasteiger partial charge < -0.3 is 0 Å². The molecule has 0 atom stereocenters. The van der Waals surface area contributed by atoms with E-state index in [9.17, 15) is 0 Å². The molecule has 0 bridgehead atoms. The minimum absolute atomic E-state index is 0. The Hall–Kier alpha value is 3.82. The fraction of sp³-hybridized carbons (Fsp3) is 0. The van der Waals surface area contributed by atoms with Crippen molar-refractivity contribution in [1.29, 1.82) is 0 Å². The molecule has 0 aromatic carbocycles. The normalized spacial score (nSPS) is 0.500. The van der Waals surface area contributed by atoms with Crippen LogP contribution in [0.25, 0.3) is 0 Å². The summed E-state index contributed by atoms with van der Waals surface area (Å²) >= 11 is 3.98. The Morgan fingerprint density at radius 1 is 1.00 bits per heavy atom. The molecule has 0 aromatic rings. The summed E-state index contributed by atoms with van der Waals surface area (Å²) < 4.78 is 0. The van der Waals surface area contributed by atoms with Gasteiger partial charge in [0.1, 0.15) is 0 Å². The van der Waals surface area contributed by atoms with Gasteiger partial charge in [0.15, 0.2) is 0 Å². The van der Waals surface area contributed by atoms with Gasteiger partial charge in [-0.15, -0.1) is 0 Å². The second-order valence-corrected chi connectivity index (χ2v) is 0. The van der Waals surface area contributed by atoms with E-state index in [0.717, 1.165) is 0 Å². The molecule has 0 N–H and O–H groups in total. The predicted molar refractivity (Wildman–Crippen MR) is 23.0 cm³/mol. The fourth-order valence-corrected chi connectivity index (χ4v) is 0. The van der Waals surface area contributed by atoms with Crippen LogP contribution in [0.3, 0.4) is 0 Å². The molecule has 40 valence electrons. The summed E-state index contributed by atoms with van der Waals surface area (Å²) in [7, 11) is 0. The summed E-state index contributed by atoms with van der Waals surface area (Å²) in [6.07, 6.45) is 0. The SMILES string of the molecule is [Cu].[Cu].[In].[Se].[Se]=[In]. The van der Waals surface area contributed by atoms with Crippen LogP contribution in [-0.2, 0) is 34.1 Å². The first-order valence-corrected chi connectivity index (χ1v) is 8.22. The van der Waals surface area contributed by atoms with Crippen molar-refractivity contribution < 1.29 is 34.1 Å². The summed E-state index contributed by atoms with van der Waals surface area (Å²) in [5, 5.41) is 0. The van der Waals surface area contributed by atoms with Crippen LogP contribution < -0.4 is 0 Å². The molecule has 0 aliphatic heterocycles. The summed E-state index contributed by atoms with van der Waals surface area (Å²) in [4.78, 5) is 0. The Kier molecular flexibility index (Phi) is 203. The van der Waals surface area contributed by atoms with Crippen LogP contribution >= 0.6 is 0 Å². The molecule has 0 rings (SSSR count). The number of hydrogen-bond donors (Lipinski definition) is 0. The van der Waals surface area contributed by atoms with Crippen LogP contribution in [0.15, 0.2) is 0 Å². The summed E-state index contributed by atoms with van der Waals surface area (Å²) in [5.74, 6) is 0. The van der Waals surface area contributed by atoms with Crippen LogP contribution in [-0.4, -0.2) is 76.1 Å². The second-order valence-electron chi connectivity index (χ2n) is 0. The zero-order chi connectivity index (χ0) is 2.00. The third kappa shape index (κ3) is 24.9. The number of rotatable bonds is 0. The van der Waals surface area contributed by atoms with E-state index in [-0.39, 0.29) is 77.0 Å². The van der Waals surface area contributed by atoms with Crippen molar-refractivity contribution in [3.8, 4) is 0 Å². The van der Waals surface area contributed by atoms with Crippen LogP contribution in [0, 0.1) is 0 Å². The monoisotopic (exact) mass is 515 g/mol. The Balaban J connectivity index is -0.000000000833. The Morgan fingerprint density at radius 2 is 1.00 bits per heavy atom. The zero-order valence-electron chi connectivity index (χ0n) is 2.57. The van der Waals surface area contributed by atoms with Crippen molar-refractivity contribution in [2.75, 3.05) is 0 Å². The first-order valence-electron chi connectivity index (χ1n) is 0.236. The van der Waals surface area contributed by atoms with Gasteiger partial charge in [0, 0.05) is 77.0 Å². The van der Waals surface area contributed by atoms with Gasteiger partial charge in [0.25, 0.3) is 0 Å². The van der Waals surface area contributed by atoms with Gasteiger partial charge in [-0.1, -0.05) is 0 Å². The van der Waals surface area contributed by atoms with E-state index in [2.05, 4.69) is 11.8 Å². The van der Waals surface area contributed by atoms with Gasteiger partial charge in [0.05, 0.1) is 0 Å². The van der Waals surface area contributed by atoms with Crippen molar-refractivity contribution in [3.05, 3.63) is 0 Å². The molecule has 0 unspecified atom stereocenters. The van der Waals surface area contributed by atoms with Crippen LogP contribution in [0.4, 0.5) is 0 Å². The van der Waals surface area contributed by atoms with Crippen LogP contribution in [0.5, 0.6) is 0 Å². The molecule has 0 spiro atoms. The van der Waals surface area contributed by atoms with Gasteiger partial charge in [-0.25, -0.2) is 0 Å². The first-order chi connectivity index (χ1) is 1.00. The first kappa shape index (κ1) is 32.9. The Morgan fingerprint density at radius 3 is 1.00 bits per heavy atom. The molecule has 0 saturated carbocycles. The topological polar surface area (TPSA) is 0 Å². The van der Waals surface area contributed by atoms with Gasteiger partial charge in [0.2, 0.25) is 0 Å². The standard InChI is InChI=1S/2Cu.2In.2Se. The van der Waals surface area contributed by atoms with E-state index in [1.807, 2.05) is 0 Å². The van der Waals surface area contributed by atoms with Gasteiger partial charge in [-0.2, -0.15) is 0 Å². The molecule has 6 heteroatoms. The van der Waals surface area contributed by atoms with Crippen molar-refractivity contribution in [1.82, 2.24) is 0 Å². The Labute approximate surface area is 108 Å². The van der Waals surface area contributed by atoms with E-state index in [0.29, 0.717) is 0 Å². The van der Waals surface area contributed by atoms with Crippen LogP contribution in [0.2, 0.25) is 0 Å². The predicted octanol–water partition coefficient (Wildman–Crippen LogP) is -1.53. The molecule has 0 nitrogen and oxygen atoms in total. The molecule has 0 heterocycles. The van der Waals surface area contributed by atoms with E-state index in [1.54, 1.807) is 0 Å². The molecule has 0 aliphatic carbocycles. The number of hydrogen-bond acceptors (Lipinski definition) is 0. The average Bonchev–Trinajstić information content (AvgIpc) is 1.00. The van der Waals surface area contributed by atoms with Crippen molar-refractivity contribution in [3.63, 3.8) is 0 Å². The molecule has 0 amide bonds. The van der Waals surface area contributed by atoms with Crippen molar-refractivity contribution >= 4 is 76.1 Å². The van der Waals surface area contributed by atoms with E-state index >= 15 is 0 Å². The van der Waals surface area contributed by atoms with Gasteiger partial charge in [-0.3, -0.25) is 0 Å². The average molecular weight is 515 g/mol. The minimum atomic E-state index is 0. The zero-order valence-corrected chi connectivity index (χ0v) is 14.5. The third-order valence-electron chi connectivity index (χ3n) is 0. The molecular formula is Cu2In2Se2. The molecular weight excluding hydrogens is 515 g/mol. The molecule has 6 heavy (non-hydrogen) atoms. The maximum atomic E-state index is 2.76. The molecule has 0 saturated heterocycles. The summed E-state index contributed by atoms with van der Waals surface area (Å²) in [6, 6.07) is 0.